The second-order valence-corrected chi connectivity index (χ2v) is 8.74. The van der Waals surface area contributed by atoms with E-state index in [1.807, 2.05) is 0 Å². The molecule has 0 aromatic heterocycles. The average Bonchev–Trinajstić information content (AvgIpc) is 2.69. The largest absolute Gasteiger partial charge is 0.380 e. The fourth-order valence-corrected chi connectivity index (χ4v) is 5.26. The first-order valence-electron chi connectivity index (χ1n) is 6.13. The molecular formula is C12H17NO5S2. The van der Waals surface area contributed by atoms with Gasteiger partial charge in [-0.15, -0.1) is 0 Å². The summed E-state index contributed by atoms with van der Waals surface area (Å²) in [6, 6.07) is 5.85. The summed E-state index contributed by atoms with van der Waals surface area (Å²) in [6.07, 6.45) is 0.319. The maximum absolute atomic E-state index is 12.2. The molecule has 1 aliphatic rings. The molecule has 0 unspecified atom stereocenters. The van der Waals surface area contributed by atoms with Crippen LogP contribution in [0.1, 0.15) is 12.0 Å². The zero-order chi connectivity index (χ0) is 14.8. The van der Waals surface area contributed by atoms with Crippen LogP contribution in [0.25, 0.3) is 0 Å². The number of rotatable bonds is 5. The van der Waals surface area contributed by atoms with Crippen LogP contribution in [0.4, 0.5) is 0 Å². The monoisotopic (exact) mass is 319 g/mol. The van der Waals surface area contributed by atoms with Gasteiger partial charge in [0.2, 0.25) is 10.0 Å². The van der Waals surface area contributed by atoms with Gasteiger partial charge in [-0.3, -0.25) is 0 Å². The topological polar surface area (TPSA) is 89.5 Å². The van der Waals surface area contributed by atoms with Crippen molar-refractivity contribution in [3.63, 3.8) is 0 Å². The van der Waals surface area contributed by atoms with Crippen LogP contribution < -0.4 is 4.72 Å². The van der Waals surface area contributed by atoms with Crippen LogP contribution in [-0.4, -0.2) is 41.5 Å². The first-order valence-corrected chi connectivity index (χ1v) is 9.43. The van der Waals surface area contributed by atoms with E-state index < -0.39 is 25.9 Å². The van der Waals surface area contributed by atoms with E-state index in [4.69, 9.17) is 4.74 Å². The molecule has 0 saturated carbocycles. The van der Waals surface area contributed by atoms with Crippen molar-refractivity contribution in [2.45, 2.75) is 24.0 Å². The molecule has 1 aromatic carbocycles. The first-order chi connectivity index (χ1) is 9.32. The second kappa shape index (κ2) is 5.80. The van der Waals surface area contributed by atoms with E-state index >= 15 is 0 Å². The number of benzene rings is 1. The standard InChI is InChI=1S/C12H17NO5S2/c1-18-8-10-3-2-4-12(7-10)20(16,17)13-11-5-6-19(14,15)9-11/h2-4,7,11,13H,5-6,8-9H2,1H3/t11-/m0/s1. The molecule has 1 fully saturated rings. The third kappa shape index (κ3) is 3.78. The molecule has 1 heterocycles. The summed E-state index contributed by atoms with van der Waals surface area (Å²) in [5.41, 5.74) is 0.745. The molecular weight excluding hydrogens is 302 g/mol. The molecule has 20 heavy (non-hydrogen) atoms. The van der Waals surface area contributed by atoms with Crippen molar-refractivity contribution < 1.29 is 21.6 Å². The first kappa shape index (κ1) is 15.4. The van der Waals surface area contributed by atoms with Gasteiger partial charge in [0.15, 0.2) is 9.84 Å². The normalized spacial score (nSPS) is 21.9. The van der Waals surface area contributed by atoms with Gasteiger partial charge < -0.3 is 4.74 Å². The minimum Gasteiger partial charge on any atom is -0.380 e. The molecule has 1 aromatic rings. The molecule has 1 N–H and O–H groups in total. The van der Waals surface area contributed by atoms with Gasteiger partial charge in [0.05, 0.1) is 23.0 Å². The van der Waals surface area contributed by atoms with Crippen molar-refractivity contribution in [1.82, 2.24) is 4.72 Å². The maximum Gasteiger partial charge on any atom is 0.240 e. The number of hydrogen-bond donors (Lipinski definition) is 1. The predicted octanol–water partition coefficient (Wildman–Crippen LogP) is 0.298. The summed E-state index contributed by atoms with van der Waals surface area (Å²) >= 11 is 0. The van der Waals surface area contributed by atoms with Gasteiger partial charge in [-0.2, -0.15) is 0 Å². The highest BCUT2D eigenvalue weighted by atomic mass is 32.2. The van der Waals surface area contributed by atoms with Crippen molar-refractivity contribution in [2.24, 2.45) is 0 Å². The number of ether oxygens (including phenoxy) is 1. The van der Waals surface area contributed by atoms with Gasteiger partial charge in [-0.1, -0.05) is 12.1 Å². The summed E-state index contributed by atoms with van der Waals surface area (Å²) in [5.74, 6) is -0.103. The number of sulfonamides is 1. The Hall–Kier alpha value is -0.960. The molecule has 0 radical (unpaired) electrons. The SMILES string of the molecule is COCc1cccc(S(=O)(=O)N[C@H]2CCS(=O)(=O)C2)c1. The Labute approximate surface area is 119 Å². The number of sulfone groups is 1. The highest BCUT2D eigenvalue weighted by molar-refractivity contribution is 7.92. The second-order valence-electron chi connectivity index (χ2n) is 4.80. The molecule has 0 spiro atoms. The van der Waals surface area contributed by atoms with Crippen LogP contribution in [0, 0.1) is 0 Å². The van der Waals surface area contributed by atoms with E-state index in [9.17, 15) is 16.8 Å². The van der Waals surface area contributed by atoms with E-state index in [1.54, 1.807) is 12.1 Å². The quantitative estimate of drug-likeness (QED) is 0.843. The van der Waals surface area contributed by atoms with Gasteiger partial charge in [0.25, 0.3) is 0 Å². The zero-order valence-electron chi connectivity index (χ0n) is 11.1. The number of nitrogens with one attached hydrogen (secondary N) is 1. The van der Waals surface area contributed by atoms with Gasteiger partial charge in [0, 0.05) is 13.2 Å². The predicted molar refractivity (Wildman–Crippen MR) is 74.5 cm³/mol. The van der Waals surface area contributed by atoms with Crippen molar-refractivity contribution in [3.05, 3.63) is 29.8 Å². The Kier molecular flexibility index (Phi) is 4.48. The Morgan fingerprint density at radius 1 is 1.40 bits per heavy atom. The summed E-state index contributed by atoms with van der Waals surface area (Å²) in [6.45, 7) is 0.321. The Morgan fingerprint density at radius 2 is 2.15 bits per heavy atom. The lowest BCUT2D eigenvalue weighted by molar-refractivity contribution is 0.184. The van der Waals surface area contributed by atoms with Crippen LogP contribution in [0.15, 0.2) is 29.2 Å². The minimum atomic E-state index is -3.70. The zero-order valence-corrected chi connectivity index (χ0v) is 12.7. The summed E-state index contributed by atoms with van der Waals surface area (Å²) in [7, 11) is -5.29. The van der Waals surface area contributed by atoms with Gasteiger partial charge in [0.1, 0.15) is 0 Å². The minimum absolute atomic E-state index is 0.0316. The molecule has 1 saturated heterocycles. The smallest absolute Gasteiger partial charge is 0.240 e. The Morgan fingerprint density at radius 3 is 2.75 bits per heavy atom. The van der Waals surface area contributed by atoms with Crippen molar-refractivity contribution >= 4 is 19.9 Å². The number of hydrogen-bond acceptors (Lipinski definition) is 5. The molecule has 0 amide bonds. The summed E-state index contributed by atoms with van der Waals surface area (Å²) in [5, 5.41) is 0. The van der Waals surface area contributed by atoms with E-state index in [0.29, 0.717) is 13.0 Å². The van der Waals surface area contributed by atoms with Crippen molar-refractivity contribution in [3.8, 4) is 0 Å². The average molecular weight is 319 g/mol. The fourth-order valence-electron chi connectivity index (χ4n) is 2.14. The number of methoxy groups -OCH3 is 1. The van der Waals surface area contributed by atoms with Crippen LogP contribution in [0.3, 0.4) is 0 Å². The van der Waals surface area contributed by atoms with Crippen LogP contribution in [0.5, 0.6) is 0 Å². The van der Waals surface area contributed by atoms with Crippen molar-refractivity contribution in [1.29, 1.82) is 0 Å². The third-order valence-corrected chi connectivity index (χ3v) is 6.36. The van der Waals surface area contributed by atoms with Crippen LogP contribution in [0.2, 0.25) is 0 Å². The van der Waals surface area contributed by atoms with Gasteiger partial charge in [-0.05, 0) is 24.1 Å². The van der Waals surface area contributed by atoms with E-state index in [0.717, 1.165) is 5.56 Å². The summed E-state index contributed by atoms with van der Waals surface area (Å²) in [4.78, 5) is 0.122. The lowest BCUT2D eigenvalue weighted by Crippen LogP contribution is -2.35. The van der Waals surface area contributed by atoms with Crippen LogP contribution in [-0.2, 0) is 31.2 Å². The van der Waals surface area contributed by atoms with Gasteiger partial charge >= 0.3 is 0 Å². The van der Waals surface area contributed by atoms with E-state index in [-0.39, 0.29) is 16.4 Å². The maximum atomic E-state index is 12.2. The molecule has 6 nitrogen and oxygen atoms in total. The van der Waals surface area contributed by atoms with E-state index in [1.165, 1.54) is 19.2 Å². The lowest BCUT2D eigenvalue weighted by Gasteiger charge is -2.12. The summed E-state index contributed by atoms with van der Waals surface area (Å²) < 4.78 is 54.5. The molecule has 0 aliphatic carbocycles. The highest BCUT2D eigenvalue weighted by Gasteiger charge is 2.31. The lowest BCUT2D eigenvalue weighted by atomic mass is 10.2. The molecule has 2 rings (SSSR count). The Balaban J connectivity index is 2.16. The molecule has 8 heteroatoms. The molecule has 0 bridgehead atoms. The molecule has 1 aliphatic heterocycles. The molecule has 1 atom stereocenters. The fraction of sp³-hybridized carbons (Fsp3) is 0.500. The molecule has 112 valence electrons. The van der Waals surface area contributed by atoms with Crippen LogP contribution >= 0.6 is 0 Å². The van der Waals surface area contributed by atoms with E-state index in [2.05, 4.69) is 4.72 Å². The Bertz CT molecular complexity index is 682. The van der Waals surface area contributed by atoms with Gasteiger partial charge in [-0.25, -0.2) is 21.6 Å². The highest BCUT2D eigenvalue weighted by Crippen LogP contribution is 2.17. The van der Waals surface area contributed by atoms with Crippen molar-refractivity contribution in [2.75, 3.05) is 18.6 Å². The third-order valence-electron chi connectivity index (χ3n) is 3.07.